The zero-order valence-electron chi connectivity index (χ0n) is 16.1. The lowest BCUT2D eigenvalue weighted by atomic mass is 9.93. The van der Waals surface area contributed by atoms with Crippen molar-refractivity contribution in [3.63, 3.8) is 0 Å². The molecule has 2 N–H and O–H groups in total. The average molecular weight is 380 g/mol. The molecule has 2 aromatic rings. The number of para-hydroxylation sites is 1. The number of hydrogen-bond donors (Lipinski definition) is 2. The predicted octanol–water partition coefficient (Wildman–Crippen LogP) is 4.07. The van der Waals surface area contributed by atoms with Gasteiger partial charge in [-0.1, -0.05) is 48.5 Å². The van der Waals surface area contributed by atoms with E-state index in [4.69, 9.17) is 0 Å². The van der Waals surface area contributed by atoms with E-state index in [1.807, 2.05) is 30.3 Å². The fraction of sp³-hybridized carbons (Fsp3) is 0.364. The van der Waals surface area contributed by atoms with Crippen molar-refractivity contribution in [2.75, 3.05) is 25.0 Å². The quantitative estimate of drug-likeness (QED) is 0.507. The minimum absolute atomic E-state index is 0.428. The fourth-order valence-electron chi connectivity index (χ4n) is 3.59. The second kappa shape index (κ2) is 10.5. The summed E-state index contributed by atoms with van der Waals surface area (Å²) in [5.74, 6) is 1.09. The van der Waals surface area contributed by atoms with Gasteiger partial charge >= 0.3 is 0 Å². The highest BCUT2D eigenvalue weighted by atomic mass is 16.6. The molecule has 1 heterocycles. The van der Waals surface area contributed by atoms with Crippen LogP contribution in [0, 0.1) is 16.0 Å². The van der Waals surface area contributed by atoms with Gasteiger partial charge in [0.15, 0.2) is 5.82 Å². The molecule has 2 aromatic carbocycles. The van der Waals surface area contributed by atoms with Gasteiger partial charge in [-0.05, 0) is 56.0 Å². The van der Waals surface area contributed by atoms with E-state index in [1.54, 1.807) is 0 Å². The minimum atomic E-state index is -0.430. The second-order valence-corrected chi connectivity index (χ2v) is 7.24. The first kappa shape index (κ1) is 19.9. The van der Waals surface area contributed by atoms with Gasteiger partial charge in [-0.25, -0.2) is 0 Å². The molecule has 148 valence electrons. The van der Waals surface area contributed by atoms with Crippen LogP contribution in [-0.4, -0.2) is 29.5 Å². The lowest BCUT2D eigenvalue weighted by Crippen LogP contribution is -2.34. The molecule has 1 aliphatic rings. The molecule has 0 bridgehead atoms. The number of likely N-dealkylation sites (tertiary alicyclic amines) is 1. The maximum Gasteiger partial charge on any atom is 0.274 e. The molecule has 3 rings (SSSR count). The maximum absolute atomic E-state index is 10.9. The van der Waals surface area contributed by atoms with Crippen LogP contribution in [0.4, 0.5) is 5.69 Å². The number of rotatable bonds is 9. The third-order valence-electron chi connectivity index (χ3n) is 5.11. The summed E-state index contributed by atoms with van der Waals surface area (Å²) in [6.45, 7) is 3.96. The normalized spacial score (nSPS) is 15.9. The van der Waals surface area contributed by atoms with E-state index in [9.17, 15) is 10.1 Å². The van der Waals surface area contributed by atoms with Gasteiger partial charge in [0.2, 0.25) is 0 Å². The van der Waals surface area contributed by atoms with Crippen molar-refractivity contribution in [1.82, 2.24) is 10.2 Å². The van der Waals surface area contributed by atoms with E-state index in [1.165, 1.54) is 18.4 Å². The number of piperidine rings is 1. The highest BCUT2D eigenvalue weighted by Gasteiger charge is 2.19. The molecule has 0 aliphatic carbocycles. The van der Waals surface area contributed by atoms with Crippen LogP contribution in [0.3, 0.4) is 0 Å². The summed E-state index contributed by atoms with van der Waals surface area (Å²) < 4.78 is 0. The van der Waals surface area contributed by atoms with E-state index < -0.39 is 4.92 Å². The van der Waals surface area contributed by atoms with Crippen LogP contribution in [-0.2, 0) is 6.54 Å². The minimum Gasteiger partial charge on any atom is -0.366 e. The van der Waals surface area contributed by atoms with Crippen LogP contribution < -0.4 is 10.6 Å². The zero-order valence-corrected chi connectivity index (χ0v) is 16.1. The second-order valence-electron chi connectivity index (χ2n) is 7.24. The molecule has 0 aromatic heterocycles. The molecule has 6 heteroatoms. The maximum atomic E-state index is 10.9. The van der Waals surface area contributed by atoms with Gasteiger partial charge in [-0.3, -0.25) is 15.0 Å². The highest BCUT2D eigenvalue weighted by Crippen LogP contribution is 2.21. The number of hydrogen-bond acceptors (Lipinski definition) is 5. The molecule has 1 saturated heterocycles. The number of nitrogens with one attached hydrogen (secondary N) is 2. The first-order chi connectivity index (χ1) is 13.7. The van der Waals surface area contributed by atoms with Crippen LogP contribution in [0.1, 0.15) is 24.8 Å². The van der Waals surface area contributed by atoms with E-state index in [0.29, 0.717) is 11.7 Å². The summed E-state index contributed by atoms with van der Waals surface area (Å²) >= 11 is 0. The molecule has 0 radical (unpaired) electrons. The Morgan fingerprint density at radius 3 is 2.36 bits per heavy atom. The average Bonchev–Trinajstić information content (AvgIpc) is 2.70. The largest absolute Gasteiger partial charge is 0.366 e. The topological polar surface area (TPSA) is 70.4 Å². The standard InChI is InChI=1S/C22H28N4O2/c27-26(28)18-22(24-21-9-5-2-6-10-21)23-14-11-19-12-15-25(16-13-19)17-20-7-3-1-4-8-20/h1-10,18-19,23-24H,11-17H2/b22-18+. The number of anilines is 1. The lowest BCUT2D eigenvalue weighted by Gasteiger charge is -2.32. The van der Waals surface area contributed by atoms with Gasteiger partial charge in [-0.15, -0.1) is 0 Å². The van der Waals surface area contributed by atoms with E-state index in [2.05, 4.69) is 45.9 Å². The summed E-state index contributed by atoms with van der Waals surface area (Å²) in [6, 6.07) is 20.1. The number of nitrogens with zero attached hydrogens (tertiary/aromatic N) is 2. The Kier molecular flexibility index (Phi) is 7.44. The Morgan fingerprint density at radius 1 is 1.07 bits per heavy atom. The molecular weight excluding hydrogens is 352 g/mol. The number of nitro groups is 1. The molecular formula is C22H28N4O2. The Labute approximate surface area is 166 Å². The molecule has 0 unspecified atom stereocenters. The van der Waals surface area contributed by atoms with Gasteiger partial charge < -0.3 is 10.6 Å². The third-order valence-corrected chi connectivity index (χ3v) is 5.11. The number of benzene rings is 2. The predicted molar refractivity (Wildman–Crippen MR) is 112 cm³/mol. The van der Waals surface area contributed by atoms with E-state index in [-0.39, 0.29) is 0 Å². The SMILES string of the molecule is O=[N+]([O-])/C=C(\NCCC1CCN(Cc2ccccc2)CC1)Nc1ccccc1. The fourth-order valence-corrected chi connectivity index (χ4v) is 3.59. The molecule has 0 saturated carbocycles. The van der Waals surface area contributed by atoms with Crippen LogP contribution in [0.5, 0.6) is 0 Å². The van der Waals surface area contributed by atoms with Gasteiger partial charge in [0.25, 0.3) is 6.20 Å². The van der Waals surface area contributed by atoms with Crippen molar-refractivity contribution in [1.29, 1.82) is 0 Å². The van der Waals surface area contributed by atoms with Crippen LogP contribution in [0.15, 0.2) is 72.7 Å². The molecule has 0 amide bonds. The van der Waals surface area contributed by atoms with Gasteiger partial charge in [0.1, 0.15) is 0 Å². The summed E-state index contributed by atoms with van der Waals surface area (Å²) in [7, 11) is 0. The van der Waals surface area contributed by atoms with Crippen molar-refractivity contribution in [3.05, 3.63) is 88.4 Å². The molecule has 6 nitrogen and oxygen atoms in total. The first-order valence-electron chi connectivity index (χ1n) is 9.86. The Balaban J connectivity index is 1.40. The van der Waals surface area contributed by atoms with Gasteiger partial charge in [0, 0.05) is 18.8 Å². The molecule has 1 aliphatic heterocycles. The van der Waals surface area contributed by atoms with Gasteiger partial charge in [0.05, 0.1) is 4.92 Å². The molecule has 0 atom stereocenters. The Morgan fingerprint density at radius 2 is 1.71 bits per heavy atom. The van der Waals surface area contributed by atoms with Crippen molar-refractivity contribution in [2.24, 2.45) is 5.92 Å². The molecule has 28 heavy (non-hydrogen) atoms. The van der Waals surface area contributed by atoms with E-state index >= 15 is 0 Å². The lowest BCUT2D eigenvalue weighted by molar-refractivity contribution is -0.403. The summed E-state index contributed by atoms with van der Waals surface area (Å²) in [6.07, 6.45) is 4.37. The molecule has 1 fully saturated rings. The van der Waals surface area contributed by atoms with Crippen LogP contribution >= 0.6 is 0 Å². The highest BCUT2D eigenvalue weighted by molar-refractivity contribution is 5.47. The third kappa shape index (κ3) is 6.70. The van der Waals surface area contributed by atoms with Crippen molar-refractivity contribution in [2.45, 2.75) is 25.8 Å². The Bertz CT molecular complexity index is 757. The molecule has 0 spiro atoms. The van der Waals surface area contributed by atoms with Crippen LogP contribution in [0.25, 0.3) is 0 Å². The monoisotopic (exact) mass is 380 g/mol. The van der Waals surface area contributed by atoms with E-state index in [0.717, 1.165) is 44.5 Å². The summed E-state index contributed by atoms with van der Waals surface area (Å²) in [5.41, 5.74) is 2.20. The first-order valence-corrected chi connectivity index (χ1v) is 9.86. The smallest absolute Gasteiger partial charge is 0.274 e. The van der Waals surface area contributed by atoms with Crippen LogP contribution in [0.2, 0.25) is 0 Å². The van der Waals surface area contributed by atoms with Crippen molar-refractivity contribution < 1.29 is 4.92 Å². The van der Waals surface area contributed by atoms with Gasteiger partial charge in [-0.2, -0.15) is 0 Å². The zero-order chi connectivity index (χ0) is 19.6. The van der Waals surface area contributed by atoms with Crippen molar-refractivity contribution >= 4 is 5.69 Å². The summed E-state index contributed by atoms with van der Waals surface area (Å²) in [4.78, 5) is 13.0. The van der Waals surface area contributed by atoms with Crippen molar-refractivity contribution in [3.8, 4) is 0 Å². The summed E-state index contributed by atoms with van der Waals surface area (Å²) in [5, 5.41) is 17.2. The Hall–Kier alpha value is -2.86.